The number of fused-ring (bicyclic) bond motifs is 4. The molecule has 2 aromatic heterocycles. The minimum Gasteiger partial charge on any atom is -0.254 e. The number of rotatable bonds is 3. The SMILES string of the molecule is CC(C)(C)c1cccc2c(-c3cc(-c4ccccc4)c4ccc5c(-c6ccccc6)ccnc5c4n3)cccc12. The first-order valence-electron chi connectivity index (χ1n) is 13.8. The zero-order chi connectivity index (χ0) is 27.3. The maximum absolute atomic E-state index is 5.37. The number of hydrogen-bond acceptors (Lipinski definition) is 2. The highest BCUT2D eigenvalue weighted by Crippen LogP contribution is 2.40. The van der Waals surface area contributed by atoms with Crippen molar-refractivity contribution in [1.29, 1.82) is 0 Å². The molecule has 0 N–H and O–H groups in total. The normalized spacial score (nSPS) is 11.9. The molecule has 192 valence electrons. The van der Waals surface area contributed by atoms with Crippen molar-refractivity contribution < 1.29 is 0 Å². The zero-order valence-electron chi connectivity index (χ0n) is 23.0. The van der Waals surface area contributed by atoms with Crippen molar-refractivity contribution in [3.63, 3.8) is 0 Å². The van der Waals surface area contributed by atoms with Crippen LogP contribution in [0.25, 0.3) is 66.1 Å². The Kier molecular flexibility index (Phi) is 5.71. The summed E-state index contributed by atoms with van der Waals surface area (Å²) in [5.41, 5.74) is 10.0. The van der Waals surface area contributed by atoms with Crippen molar-refractivity contribution in [2.24, 2.45) is 0 Å². The third-order valence-electron chi connectivity index (χ3n) is 7.87. The molecule has 0 fully saturated rings. The van der Waals surface area contributed by atoms with E-state index in [4.69, 9.17) is 9.97 Å². The number of benzene rings is 5. The van der Waals surface area contributed by atoms with E-state index in [0.29, 0.717) is 0 Å². The Morgan fingerprint density at radius 3 is 1.80 bits per heavy atom. The third-order valence-corrected chi connectivity index (χ3v) is 7.87. The van der Waals surface area contributed by atoms with Gasteiger partial charge in [0.05, 0.1) is 16.7 Å². The first kappa shape index (κ1) is 24.2. The maximum Gasteiger partial charge on any atom is 0.0978 e. The van der Waals surface area contributed by atoms with Gasteiger partial charge in [0, 0.05) is 22.5 Å². The van der Waals surface area contributed by atoms with Crippen LogP contribution in [-0.4, -0.2) is 9.97 Å². The van der Waals surface area contributed by atoms with Gasteiger partial charge in [-0.05, 0) is 56.1 Å². The molecule has 0 saturated carbocycles. The summed E-state index contributed by atoms with van der Waals surface area (Å²) in [5, 5.41) is 4.71. The Labute approximate surface area is 235 Å². The summed E-state index contributed by atoms with van der Waals surface area (Å²) in [4.78, 5) is 10.3. The first-order chi connectivity index (χ1) is 19.5. The fourth-order valence-electron chi connectivity index (χ4n) is 5.95. The lowest BCUT2D eigenvalue weighted by atomic mass is 9.83. The molecule has 0 unspecified atom stereocenters. The summed E-state index contributed by atoms with van der Waals surface area (Å²) in [5.74, 6) is 0. The van der Waals surface area contributed by atoms with Crippen molar-refractivity contribution in [3.05, 3.63) is 133 Å². The highest BCUT2D eigenvalue weighted by Gasteiger charge is 2.19. The molecule has 0 amide bonds. The van der Waals surface area contributed by atoms with Gasteiger partial charge in [0.25, 0.3) is 0 Å². The minimum absolute atomic E-state index is 0.0398. The van der Waals surface area contributed by atoms with E-state index in [0.717, 1.165) is 33.1 Å². The summed E-state index contributed by atoms with van der Waals surface area (Å²) in [7, 11) is 0. The van der Waals surface area contributed by atoms with Gasteiger partial charge in [-0.3, -0.25) is 4.98 Å². The van der Waals surface area contributed by atoms with Crippen LogP contribution in [0.1, 0.15) is 26.3 Å². The molecule has 0 bridgehead atoms. The number of pyridine rings is 2. The molecular formula is C38H30N2. The highest BCUT2D eigenvalue weighted by molar-refractivity contribution is 6.13. The predicted octanol–water partition coefficient (Wildman–Crippen LogP) is 10.2. The van der Waals surface area contributed by atoms with Gasteiger partial charge in [-0.15, -0.1) is 0 Å². The molecule has 7 aromatic rings. The van der Waals surface area contributed by atoms with Crippen LogP contribution in [0.15, 0.2) is 128 Å². The van der Waals surface area contributed by atoms with Crippen molar-refractivity contribution >= 4 is 32.6 Å². The molecule has 0 aliphatic rings. The van der Waals surface area contributed by atoms with Gasteiger partial charge in [0.1, 0.15) is 0 Å². The Hall–Kier alpha value is -4.82. The number of nitrogens with zero attached hydrogens (tertiary/aromatic N) is 2. The molecule has 0 saturated heterocycles. The lowest BCUT2D eigenvalue weighted by molar-refractivity contribution is 0.596. The Morgan fingerprint density at radius 1 is 0.475 bits per heavy atom. The molecule has 5 aromatic carbocycles. The third kappa shape index (κ3) is 4.04. The lowest BCUT2D eigenvalue weighted by Gasteiger charge is -2.22. The summed E-state index contributed by atoms with van der Waals surface area (Å²) < 4.78 is 0. The summed E-state index contributed by atoms with van der Waals surface area (Å²) in [6, 6.07) is 43.2. The topological polar surface area (TPSA) is 25.8 Å². The Bertz CT molecular complexity index is 2020. The molecule has 2 heterocycles. The molecule has 2 nitrogen and oxygen atoms in total. The van der Waals surface area contributed by atoms with Crippen molar-refractivity contribution in [2.75, 3.05) is 0 Å². The van der Waals surface area contributed by atoms with E-state index in [1.54, 1.807) is 0 Å². The molecule has 0 spiro atoms. The van der Waals surface area contributed by atoms with Gasteiger partial charge in [0.2, 0.25) is 0 Å². The fraction of sp³-hybridized carbons (Fsp3) is 0.105. The molecule has 40 heavy (non-hydrogen) atoms. The van der Waals surface area contributed by atoms with Gasteiger partial charge in [-0.2, -0.15) is 0 Å². The van der Waals surface area contributed by atoms with E-state index < -0.39 is 0 Å². The standard InChI is InChI=1S/C38H30N2/c1-38(2,3)34-19-11-16-28-29(34)17-10-18-30(28)35-24-33(26-14-8-5-9-15-26)32-21-20-31-27(25-12-6-4-7-13-25)22-23-39-36(31)37(32)40-35/h4-24H,1-3H3. The quantitative estimate of drug-likeness (QED) is 0.219. The van der Waals surface area contributed by atoms with Crippen LogP contribution in [0.5, 0.6) is 0 Å². The second-order valence-electron chi connectivity index (χ2n) is 11.5. The van der Waals surface area contributed by atoms with Gasteiger partial charge < -0.3 is 0 Å². The largest absolute Gasteiger partial charge is 0.254 e. The van der Waals surface area contributed by atoms with Gasteiger partial charge in [0.15, 0.2) is 0 Å². The Morgan fingerprint density at radius 2 is 1.10 bits per heavy atom. The second-order valence-corrected chi connectivity index (χ2v) is 11.5. The first-order valence-corrected chi connectivity index (χ1v) is 13.8. The monoisotopic (exact) mass is 514 g/mol. The molecule has 0 aliphatic heterocycles. The van der Waals surface area contributed by atoms with E-state index in [2.05, 4.69) is 142 Å². The van der Waals surface area contributed by atoms with E-state index in [-0.39, 0.29) is 5.41 Å². The van der Waals surface area contributed by atoms with Gasteiger partial charge >= 0.3 is 0 Å². The van der Waals surface area contributed by atoms with Crippen LogP contribution in [0.3, 0.4) is 0 Å². The van der Waals surface area contributed by atoms with Crippen LogP contribution >= 0.6 is 0 Å². The highest BCUT2D eigenvalue weighted by atomic mass is 14.8. The summed E-state index contributed by atoms with van der Waals surface area (Å²) in [6.45, 7) is 6.83. The van der Waals surface area contributed by atoms with Crippen LogP contribution in [0, 0.1) is 0 Å². The molecule has 7 rings (SSSR count). The zero-order valence-corrected chi connectivity index (χ0v) is 23.0. The predicted molar refractivity (Wildman–Crippen MR) is 170 cm³/mol. The average Bonchev–Trinajstić information content (AvgIpc) is 3.00. The Balaban J connectivity index is 1.57. The van der Waals surface area contributed by atoms with Crippen LogP contribution < -0.4 is 0 Å². The van der Waals surface area contributed by atoms with Gasteiger partial charge in [-0.1, -0.05) is 130 Å². The average molecular weight is 515 g/mol. The van der Waals surface area contributed by atoms with Crippen molar-refractivity contribution in [3.8, 4) is 33.5 Å². The molecule has 0 radical (unpaired) electrons. The van der Waals surface area contributed by atoms with E-state index in [9.17, 15) is 0 Å². The lowest BCUT2D eigenvalue weighted by Crippen LogP contribution is -2.11. The molecule has 2 heteroatoms. The number of aromatic nitrogens is 2. The maximum atomic E-state index is 5.37. The van der Waals surface area contributed by atoms with Crippen LogP contribution in [0.4, 0.5) is 0 Å². The molecule has 0 aliphatic carbocycles. The van der Waals surface area contributed by atoms with E-state index in [1.165, 1.54) is 38.6 Å². The minimum atomic E-state index is 0.0398. The molecule has 0 atom stereocenters. The summed E-state index contributed by atoms with van der Waals surface area (Å²) in [6.07, 6.45) is 1.91. The number of hydrogen-bond donors (Lipinski definition) is 0. The van der Waals surface area contributed by atoms with Crippen molar-refractivity contribution in [1.82, 2.24) is 9.97 Å². The van der Waals surface area contributed by atoms with Crippen molar-refractivity contribution in [2.45, 2.75) is 26.2 Å². The van der Waals surface area contributed by atoms with Gasteiger partial charge in [-0.25, -0.2) is 4.98 Å². The smallest absolute Gasteiger partial charge is 0.0978 e. The van der Waals surface area contributed by atoms with Crippen LogP contribution in [-0.2, 0) is 5.41 Å². The van der Waals surface area contributed by atoms with E-state index in [1.807, 2.05) is 6.20 Å². The molecular weight excluding hydrogens is 484 g/mol. The second kappa shape index (κ2) is 9.43. The van der Waals surface area contributed by atoms with Crippen LogP contribution in [0.2, 0.25) is 0 Å². The fourth-order valence-corrected chi connectivity index (χ4v) is 5.95. The van der Waals surface area contributed by atoms with E-state index >= 15 is 0 Å². The summed E-state index contributed by atoms with van der Waals surface area (Å²) >= 11 is 0.